The van der Waals surface area contributed by atoms with Gasteiger partial charge in [-0.15, -0.1) is 0 Å². The Balaban J connectivity index is 2.26. The monoisotopic (exact) mass is 278 g/mol. The molecule has 0 amide bonds. The molecule has 1 unspecified atom stereocenters. The van der Waals surface area contributed by atoms with Crippen LogP contribution in [0.2, 0.25) is 0 Å². The molecule has 1 aromatic rings. The molecule has 1 fully saturated rings. The lowest BCUT2D eigenvalue weighted by atomic mass is 10.0. The molecule has 0 aliphatic heterocycles. The fourth-order valence-corrected chi connectivity index (χ4v) is 2.33. The van der Waals surface area contributed by atoms with Crippen molar-refractivity contribution in [1.82, 2.24) is 9.97 Å². The summed E-state index contributed by atoms with van der Waals surface area (Å²) in [6.07, 6.45) is 3.11. The van der Waals surface area contributed by atoms with Crippen molar-refractivity contribution in [2.24, 2.45) is 5.92 Å². The lowest BCUT2D eigenvalue weighted by Gasteiger charge is -2.24. The quantitative estimate of drug-likeness (QED) is 0.715. The van der Waals surface area contributed by atoms with Crippen LogP contribution in [0.4, 0.5) is 11.6 Å². The molecular formula is C15H26N4O. The van der Waals surface area contributed by atoms with Crippen molar-refractivity contribution in [1.29, 1.82) is 0 Å². The van der Waals surface area contributed by atoms with Crippen LogP contribution >= 0.6 is 0 Å². The topological polar surface area (TPSA) is 70.1 Å². The Morgan fingerprint density at radius 1 is 1.25 bits per heavy atom. The van der Waals surface area contributed by atoms with E-state index in [-0.39, 0.29) is 12.6 Å². The largest absolute Gasteiger partial charge is 0.396 e. The van der Waals surface area contributed by atoms with Crippen LogP contribution in [0.15, 0.2) is 0 Å². The molecule has 0 aromatic carbocycles. The number of hydrogen-bond acceptors (Lipinski definition) is 5. The summed E-state index contributed by atoms with van der Waals surface area (Å²) in [6.45, 7) is 6.53. The second-order valence-electron chi connectivity index (χ2n) is 5.94. The number of anilines is 2. The van der Waals surface area contributed by atoms with Crippen LogP contribution in [0.25, 0.3) is 0 Å². The molecule has 112 valence electrons. The summed E-state index contributed by atoms with van der Waals surface area (Å²) in [5.74, 6) is 3.71. The summed E-state index contributed by atoms with van der Waals surface area (Å²) in [6, 6.07) is 0.227. The third-order valence-electron chi connectivity index (χ3n) is 3.91. The van der Waals surface area contributed by atoms with Gasteiger partial charge < -0.3 is 15.7 Å². The van der Waals surface area contributed by atoms with E-state index < -0.39 is 0 Å². The van der Waals surface area contributed by atoms with Crippen molar-refractivity contribution >= 4 is 11.6 Å². The molecule has 2 rings (SSSR count). The molecule has 5 nitrogen and oxygen atoms in total. The summed E-state index contributed by atoms with van der Waals surface area (Å²) >= 11 is 0. The molecule has 5 heteroatoms. The number of hydrogen-bond donors (Lipinski definition) is 3. The van der Waals surface area contributed by atoms with Crippen LogP contribution in [0.5, 0.6) is 0 Å². The lowest BCUT2D eigenvalue weighted by Crippen LogP contribution is -2.28. The Labute approximate surface area is 121 Å². The molecule has 0 saturated heterocycles. The van der Waals surface area contributed by atoms with Gasteiger partial charge >= 0.3 is 0 Å². The minimum atomic E-state index is 0.189. The van der Waals surface area contributed by atoms with E-state index in [2.05, 4.69) is 29.5 Å². The van der Waals surface area contributed by atoms with Crippen LogP contribution in [0.3, 0.4) is 0 Å². The number of nitrogens with one attached hydrogen (secondary N) is 2. The molecule has 1 aliphatic carbocycles. The minimum Gasteiger partial charge on any atom is -0.396 e. The number of aliphatic hydroxyl groups is 1. The lowest BCUT2D eigenvalue weighted by molar-refractivity contribution is 0.267. The second-order valence-corrected chi connectivity index (χ2v) is 5.94. The molecule has 0 bridgehead atoms. The van der Waals surface area contributed by atoms with Crippen molar-refractivity contribution < 1.29 is 5.11 Å². The first-order chi connectivity index (χ1) is 9.56. The molecule has 1 aliphatic rings. The first-order valence-corrected chi connectivity index (χ1v) is 7.50. The molecule has 20 heavy (non-hydrogen) atoms. The van der Waals surface area contributed by atoms with Gasteiger partial charge in [0, 0.05) is 31.2 Å². The van der Waals surface area contributed by atoms with Crippen molar-refractivity contribution in [3.63, 3.8) is 0 Å². The van der Waals surface area contributed by atoms with Crippen LogP contribution in [-0.4, -0.2) is 34.8 Å². The Morgan fingerprint density at radius 3 is 2.40 bits per heavy atom. The zero-order valence-electron chi connectivity index (χ0n) is 12.9. The summed E-state index contributed by atoms with van der Waals surface area (Å²) in [7, 11) is 1.89. The molecule has 1 aromatic heterocycles. The molecule has 3 N–H and O–H groups in total. The summed E-state index contributed by atoms with van der Waals surface area (Å²) in [5.41, 5.74) is 1.04. The first kappa shape index (κ1) is 15.0. The standard InChI is InChI=1S/C15H26N4O/c1-9(2)12(7-8-20)17-14-10(3)13(16-4)18-15(19-14)11-5-6-11/h9,11-12,20H,5-8H2,1-4H3,(H2,16,17,18,19). The number of nitrogens with zero attached hydrogens (tertiary/aromatic N) is 2. The SMILES string of the molecule is CNc1nc(C2CC2)nc(NC(CCO)C(C)C)c1C. The van der Waals surface area contributed by atoms with Gasteiger partial charge in [0.05, 0.1) is 0 Å². The highest BCUT2D eigenvalue weighted by molar-refractivity contribution is 5.57. The van der Waals surface area contributed by atoms with Gasteiger partial charge in [0.1, 0.15) is 17.5 Å². The molecule has 1 atom stereocenters. The van der Waals surface area contributed by atoms with Gasteiger partial charge in [-0.05, 0) is 32.1 Å². The molecule has 1 heterocycles. The maximum Gasteiger partial charge on any atom is 0.136 e. The average molecular weight is 278 g/mol. The zero-order chi connectivity index (χ0) is 14.7. The van der Waals surface area contributed by atoms with Crippen LogP contribution in [-0.2, 0) is 0 Å². The average Bonchev–Trinajstić information content (AvgIpc) is 3.24. The van der Waals surface area contributed by atoms with Gasteiger partial charge in [0.25, 0.3) is 0 Å². The van der Waals surface area contributed by atoms with E-state index in [1.165, 1.54) is 12.8 Å². The number of rotatable bonds is 7. The smallest absolute Gasteiger partial charge is 0.136 e. The van der Waals surface area contributed by atoms with Crippen molar-refractivity contribution in [3.8, 4) is 0 Å². The third-order valence-corrected chi connectivity index (χ3v) is 3.91. The van der Waals surface area contributed by atoms with Gasteiger partial charge in [0.15, 0.2) is 0 Å². The van der Waals surface area contributed by atoms with E-state index in [0.29, 0.717) is 11.8 Å². The van der Waals surface area contributed by atoms with Crippen LogP contribution < -0.4 is 10.6 Å². The van der Waals surface area contributed by atoms with E-state index in [1.807, 2.05) is 14.0 Å². The maximum absolute atomic E-state index is 9.20. The highest BCUT2D eigenvalue weighted by Crippen LogP contribution is 2.39. The summed E-state index contributed by atoms with van der Waals surface area (Å²) in [4.78, 5) is 9.30. The van der Waals surface area contributed by atoms with Gasteiger partial charge in [-0.25, -0.2) is 9.97 Å². The van der Waals surface area contributed by atoms with Crippen molar-refractivity contribution in [2.75, 3.05) is 24.3 Å². The Kier molecular flexibility index (Phi) is 4.81. The summed E-state index contributed by atoms with van der Waals surface area (Å²) < 4.78 is 0. The van der Waals surface area contributed by atoms with E-state index in [1.54, 1.807) is 0 Å². The van der Waals surface area contributed by atoms with Gasteiger partial charge in [-0.3, -0.25) is 0 Å². The second kappa shape index (κ2) is 6.39. The normalized spacial score (nSPS) is 16.3. The molecule has 1 saturated carbocycles. The fourth-order valence-electron chi connectivity index (χ4n) is 2.33. The molecular weight excluding hydrogens is 252 g/mol. The summed E-state index contributed by atoms with van der Waals surface area (Å²) in [5, 5.41) is 15.8. The fraction of sp³-hybridized carbons (Fsp3) is 0.733. The highest BCUT2D eigenvalue weighted by Gasteiger charge is 2.28. The Hall–Kier alpha value is -1.36. The van der Waals surface area contributed by atoms with Gasteiger partial charge in [0.2, 0.25) is 0 Å². The van der Waals surface area contributed by atoms with Crippen molar-refractivity contribution in [2.45, 2.75) is 52.0 Å². The number of aliphatic hydroxyl groups excluding tert-OH is 1. The maximum atomic E-state index is 9.20. The van der Waals surface area contributed by atoms with Crippen LogP contribution in [0.1, 0.15) is 50.4 Å². The first-order valence-electron chi connectivity index (χ1n) is 7.50. The van der Waals surface area contributed by atoms with E-state index in [9.17, 15) is 5.11 Å². The van der Waals surface area contributed by atoms with Crippen molar-refractivity contribution in [3.05, 3.63) is 11.4 Å². The van der Waals surface area contributed by atoms with Crippen LogP contribution in [0, 0.1) is 12.8 Å². The Morgan fingerprint density at radius 2 is 1.90 bits per heavy atom. The minimum absolute atomic E-state index is 0.189. The Bertz CT molecular complexity index is 457. The van der Waals surface area contributed by atoms with Gasteiger partial charge in [-0.2, -0.15) is 0 Å². The predicted octanol–water partition coefficient (Wildman–Crippen LogP) is 2.52. The van der Waals surface area contributed by atoms with Gasteiger partial charge in [-0.1, -0.05) is 13.8 Å². The molecule has 0 spiro atoms. The van der Waals surface area contributed by atoms with E-state index >= 15 is 0 Å². The predicted molar refractivity (Wildman–Crippen MR) is 82.2 cm³/mol. The van der Waals surface area contributed by atoms with E-state index in [4.69, 9.17) is 4.98 Å². The molecule has 0 radical (unpaired) electrons. The number of aromatic nitrogens is 2. The highest BCUT2D eigenvalue weighted by atomic mass is 16.3. The third kappa shape index (κ3) is 3.39. The van der Waals surface area contributed by atoms with E-state index in [0.717, 1.165) is 29.4 Å². The zero-order valence-corrected chi connectivity index (χ0v) is 12.9.